The molecule has 0 atom stereocenters. The predicted molar refractivity (Wildman–Crippen MR) is 87.1 cm³/mol. The number of hydrogen-bond acceptors (Lipinski definition) is 5. The lowest BCUT2D eigenvalue weighted by Gasteiger charge is -2.19. The van der Waals surface area contributed by atoms with Gasteiger partial charge in [-0.2, -0.15) is 0 Å². The van der Waals surface area contributed by atoms with Crippen molar-refractivity contribution in [1.82, 2.24) is 0 Å². The number of ether oxygens (including phenoxy) is 3. The highest BCUT2D eigenvalue weighted by molar-refractivity contribution is 6.06. The summed E-state index contributed by atoms with van der Waals surface area (Å²) in [5, 5.41) is 1.43. The van der Waals surface area contributed by atoms with Gasteiger partial charge in [-0.25, -0.2) is 4.79 Å². The van der Waals surface area contributed by atoms with Crippen LogP contribution in [-0.2, 0) is 16.0 Å². The van der Waals surface area contributed by atoms with Crippen molar-refractivity contribution in [3.63, 3.8) is 0 Å². The quantitative estimate of drug-likeness (QED) is 0.624. The summed E-state index contributed by atoms with van der Waals surface area (Å²) in [6.45, 7) is 5.21. The Hall–Kier alpha value is -2.56. The summed E-state index contributed by atoms with van der Waals surface area (Å²) >= 11 is 0. The van der Waals surface area contributed by atoms with Crippen LogP contribution in [0.15, 0.2) is 24.3 Å². The summed E-state index contributed by atoms with van der Waals surface area (Å²) in [6, 6.07) is 7.34. The second-order valence-electron chi connectivity index (χ2n) is 4.93. The van der Waals surface area contributed by atoms with Crippen LogP contribution >= 0.6 is 0 Å². The molecule has 0 saturated carbocycles. The first kappa shape index (κ1) is 16.8. The number of methoxy groups -OCH3 is 1. The molecule has 23 heavy (non-hydrogen) atoms. The molecule has 0 aliphatic rings. The fourth-order valence-corrected chi connectivity index (χ4v) is 2.66. The molecule has 122 valence electrons. The minimum Gasteiger partial charge on any atom is -0.495 e. The normalized spacial score (nSPS) is 10.4. The first-order valence-corrected chi connectivity index (χ1v) is 7.52. The molecule has 0 N–H and O–H groups in total. The third-order valence-electron chi connectivity index (χ3n) is 3.50. The Labute approximate surface area is 135 Å². The van der Waals surface area contributed by atoms with Crippen molar-refractivity contribution in [2.75, 3.05) is 13.7 Å². The molecule has 2 aromatic rings. The van der Waals surface area contributed by atoms with Crippen LogP contribution in [0.5, 0.6) is 11.5 Å². The van der Waals surface area contributed by atoms with Gasteiger partial charge in [-0.05, 0) is 13.3 Å². The molecular formula is C18H20O5. The zero-order valence-corrected chi connectivity index (χ0v) is 13.8. The minimum atomic E-state index is -0.486. The molecule has 0 fully saturated rings. The lowest BCUT2D eigenvalue weighted by molar-refractivity contribution is -0.131. The first-order chi connectivity index (χ1) is 11.0. The van der Waals surface area contributed by atoms with Crippen molar-refractivity contribution >= 4 is 22.7 Å². The second-order valence-corrected chi connectivity index (χ2v) is 4.93. The molecule has 0 unspecified atom stereocenters. The molecule has 0 radical (unpaired) electrons. The Kier molecular flexibility index (Phi) is 5.21. The van der Waals surface area contributed by atoms with Gasteiger partial charge >= 0.3 is 11.9 Å². The van der Waals surface area contributed by atoms with Crippen molar-refractivity contribution in [3.8, 4) is 11.5 Å². The highest BCUT2D eigenvalue weighted by atomic mass is 16.5. The lowest BCUT2D eigenvalue weighted by atomic mass is 9.96. The summed E-state index contributed by atoms with van der Waals surface area (Å²) in [6.07, 6.45) is 0.498. The Bertz CT molecular complexity index is 749. The average molecular weight is 316 g/mol. The standard InChI is InChI=1S/C18H20O5/c1-5-12-15(18(20)22-6-2)17(21-4)14-10-8-7-9-13(14)16(12)23-11(3)19/h7-10H,5-6H2,1-4H3. The summed E-state index contributed by atoms with van der Waals surface area (Å²) in [7, 11) is 1.51. The average Bonchev–Trinajstić information content (AvgIpc) is 2.54. The van der Waals surface area contributed by atoms with Gasteiger partial charge in [0.1, 0.15) is 17.1 Å². The summed E-state index contributed by atoms with van der Waals surface area (Å²) in [4.78, 5) is 24.0. The highest BCUT2D eigenvalue weighted by Gasteiger charge is 2.26. The molecule has 0 aliphatic carbocycles. The van der Waals surface area contributed by atoms with Crippen LogP contribution in [0.4, 0.5) is 0 Å². The molecule has 2 rings (SSSR count). The third kappa shape index (κ3) is 3.13. The number of hydrogen-bond donors (Lipinski definition) is 0. The largest absolute Gasteiger partial charge is 0.495 e. The van der Waals surface area contributed by atoms with E-state index in [2.05, 4.69) is 0 Å². The van der Waals surface area contributed by atoms with Gasteiger partial charge < -0.3 is 14.2 Å². The van der Waals surface area contributed by atoms with Crippen LogP contribution in [0, 0.1) is 0 Å². The van der Waals surface area contributed by atoms with E-state index in [4.69, 9.17) is 14.2 Å². The maximum Gasteiger partial charge on any atom is 0.342 e. The van der Waals surface area contributed by atoms with Crippen LogP contribution in [0.3, 0.4) is 0 Å². The van der Waals surface area contributed by atoms with Crippen molar-refractivity contribution < 1.29 is 23.8 Å². The number of esters is 2. The van der Waals surface area contributed by atoms with Gasteiger partial charge in [-0.15, -0.1) is 0 Å². The van der Waals surface area contributed by atoms with Gasteiger partial charge in [-0.1, -0.05) is 31.2 Å². The van der Waals surface area contributed by atoms with E-state index in [9.17, 15) is 9.59 Å². The summed E-state index contributed by atoms with van der Waals surface area (Å²) in [5.74, 6) is -0.101. The van der Waals surface area contributed by atoms with E-state index in [-0.39, 0.29) is 6.61 Å². The number of carbonyl (C=O) groups excluding carboxylic acids is 2. The van der Waals surface area contributed by atoms with E-state index in [0.29, 0.717) is 34.4 Å². The number of benzene rings is 2. The molecule has 5 heteroatoms. The van der Waals surface area contributed by atoms with Crippen molar-refractivity contribution in [2.24, 2.45) is 0 Å². The van der Waals surface area contributed by atoms with Crippen LogP contribution in [0.1, 0.15) is 36.7 Å². The summed E-state index contributed by atoms with van der Waals surface area (Å²) in [5.41, 5.74) is 0.918. The highest BCUT2D eigenvalue weighted by Crippen LogP contribution is 2.41. The smallest absolute Gasteiger partial charge is 0.342 e. The molecule has 0 aliphatic heterocycles. The van der Waals surface area contributed by atoms with Crippen LogP contribution in [-0.4, -0.2) is 25.7 Å². The zero-order valence-electron chi connectivity index (χ0n) is 13.8. The van der Waals surface area contributed by atoms with E-state index >= 15 is 0 Å². The third-order valence-corrected chi connectivity index (χ3v) is 3.50. The van der Waals surface area contributed by atoms with Gasteiger partial charge in [0.05, 0.1) is 13.7 Å². The molecule has 5 nitrogen and oxygen atoms in total. The fraction of sp³-hybridized carbons (Fsp3) is 0.333. The summed E-state index contributed by atoms with van der Waals surface area (Å²) < 4.78 is 16.1. The molecule has 0 aromatic heterocycles. The Morgan fingerprint density at radius 3 is 2.13 bits per heavy atom. The molecule has 0 bridgehead atoms. The van der Waals surface area contributed by atoms with Crippen molar-refractivity contribution in [1.29, 1.82) is 0 Å². The maximum absolute atomic E-state index is 12.4. The van der Waals surface area contributed by atoms with Gasteiger partial charge in [0.2, 0.25) is 0 Å². The van der Waals surface area contributed by atoms with Crippen molar-refractivity contribution in [3.05, 3.63) is 35.4 Å². The van der Waals surface area contributed by atoms with Gasteiger partial charge in [0, 0.05) is 23.3 Å². The van der Waals surface area contributed by atoms with E-state index in [1.807, 2.05) is 31.2 Å². The maximum atomic E-state index is 12.4. The van der Waals surface area contributed by atoms with Crippen LogP contribution in [0.2, 0.25) is 0 Å². The molecule has 0 spiro atoms. The van der Waals surface area contributed by atoms with Crippen LogP contribution in [0.25, 0.3) is 10.8 Å². The van der Waals surface area contributed by atoms with Crippen LogP contribution < -0.4 is 9.47 Å². The monoisotopic (exact) mass is 316 g/mol. The first-order valence-electron chi connectivity index (χ1n) is 7.52. The zero-order chi connectivity index (χ0) is 17.0. The van der Waals surface area contributed by atoms with E-state index in [0.717, 1.165) is 5.39 Å². The Balaban J connectivity index is 2.90. The number of fused-ring (bicyclic) bond motifs is 1. The Morgan fingerprint density at radius 2 is 1.65 bits per heavy atom. The number of carbonyl (C=O) groups is 2. The van der Waals surface area contributed by atoms with E-state index in [1.54, 1.807) is 6.92 Å². The van der Waals surface area contributed by atoms with E-state index in [1.165, 1.54) is 14.0 Å². The minimum absolute atomic E-state index is 0.251. The number of rotatable bonds is 5. The molecule has 0 saturated heterocycles. The SMILES string of the molecule is CCOC(=O)c1c(CC)c(OC(C)=O)c2ccccc2c1OC. The van der Waals surface area contributed by atoms with Gasteiger partial charge in [0.15, 0.2) is 0 Å². The van der Waals surface area contributed by atoms with Crippen molar-refractivity contribution in [2.45, 2.75) is 27.2 Å². The lowest BCUT2D eigenvalue weighted by Crippen LogP contribution is -2.13. The Morgan fingerprint density at radius 1 is 1.04 bits per heavy atom. The molecule has 2 aromatic carbocycles. The fourth-order valence-electron chi connectivity index (χ4n) is 2.66. The molecule has 0 heterocycles. The molecular weight excluding hydrogens is 296 g/mol. The topological polar surface area (TPSA) is 61.8 Å². The second kappa shape index (κ2) is 7.13. The van der Waals surface area contributed by atoms with E-state index < -0.39 is 11.9 Å². The predicted octanol–water partition coefficient (Wildman–Crippen LogP) is 3.51. The van der Waals surface area contributed by atoms with Gasteiger partial charge in [-0.3, -0.25) is 4.79 Å². The molecule has 0 amide bonds. The van der Waals surface area contributed by atoms with Gasteiger partial charge in [0.25, 0.3) is 0 Å².